The summed E-state index contributed by atoms with van der Waals surface area (Å²) in [5, 5.41) is 6.74. The summed E-state index contributed by atoms with van der Waals surface area (Å²) < 4.78 is 13.1. The summed E-state index contributed by atoms with van der Waals surface area (Å²) >= 11 is 5.28. The Balaban J connectivity index is 2.00. The molecule has 0 aliphatic carbocycles. The largest absolute Gasteiger partial charge is 0.356 e. The van der Waals surface area contributed by atoms with Crippen molar-refractivity contribution in [1.29, 1.82) is 0 Å². The highest BCUT2D eigenvalue weighted by Crippen LogP contribution is 2.16. The van der Waals surface area contributed by atoms with Gasteiger partial charge in [0.25, 0.3) is 0 Å². The van der Waals surface area contributed by atoms with Gasteiger partial charge in [-0.2, -0.15) is 0 Å². The van der Waals surface area contributed by atoms with E-state index in [4.69, 9.17) is 12.2 Å². The molecule has 1 atom stereocenters. The molecule has 2 aromatic rings. The highest BCUT2D eigenvalue weighted by atomic mass is 32.1. The minimum absolute atomic E-state index is 0.143. The van der Waals surface area contributed by atoms with E-state index in [2.05, 4.69) is 29.7 Å². The Morgan fingerprint density at radius 1 is 1.15 bits per heavy atom. The first-order valence-corrected chi connectivity index (χ1v) is 6.98. The maximum absolute atomic E-state index is 13.1. The zero-order chi connectivity index (χ0) is 14.4. The second-order valence-electron chi connectivity index (χ2n) is 4.48. The monoisotopic (exact) mass is 288 g/mol. The van der Waals surface area contributed by atoms with Gasteiger partial charge in [0.2, 0.25) is 0 Å². The first kappa shape index (κ1) is 14.5. The van der Waals surface area contributed by atoms with Gasteiger partial charge >= 0.3 is 0 Å². The molecule has 2 aromatic carbocycles. The first-order chi connectivity index (χ1) is 9.69. The summed E-state index contributed by atoms with van der Waals surface area (Å²) in [6, 6.07) is 16.5. The van der Waals surface area contributed by atoms with Crippen LogP contribution in [0.15, 0.2) is 54.6 Å². The molecule has 0 amide bonds. The van der Waals surface area contributed by atoms with Gasteiger partial charge in [0.15, 0.2) is 5.11 Å². The zero-order valence-electron chi connectivity index (χ0n) is 11.3. The summed E-state index contributed by atoms with van der Waals surface area (Å²) in [6.45, 7) is 2.09. The minimum Gasteiger partial charge on any atom is -0.356 e. The first-order valence-electron chi connectivity index (χ1n) is 6.57. The molecule has 20 heavy (non-hydrogen) atoms. The number of anilines is 1. The van der Waals surface area contributed by atoms with Crippen molar-refractivity contribution < 1.29 is 4.39 Å². The molecule has 4 heteroatoms. The molecule has 0 spiro atoms. The molecule has 1 unspecified atom stereocenters. The molecule has 2 N–H and O–H groups in total. The fourth-order valence-corrected chi connectivity index (χ4v) is 2.26. The Labute approximate surface area is 124 Å². The predicted molar refractivity (Wildman–Crippen MR) is 85.2 cm³/mol. The van der Waals surface area contributed by atoms with Gasteiger partial charge in [-0.25, -0.2) is 4.39 Å². The summed E-state index contributed by atoms with van der Waals surface area (Å²) in [5.41, 5.74) is 1.82. The lowest BCUT2D eigenvalue weighted by atomic mass is 10.1. The Hall–Kier alpha value is -1.94. The molecule has 0 heterocycles. The number of hydrogen-bond acceptors (Lipinski definition) is 1. The summed E-state index contributed by atoms with van der Waals surface area (Å²) in [7, 11) is 0. The van der Waals surface area contributed by atoms with Crippen LogP contribution in [0.25, 0.3) is 0 Å². The summed E-state index contributed by atoms with van der Waals surface area (Å²) in [4.78, 5) is 0. The lowest BCUT2D eigenvalue weighted by molar-refractivity contribution is 0.626. The van der Waals surface area contributed by atoms with Crippen molar-refractivity contribution in [3.8, 4) is 0 Å². The number of hydrogen-bond donors (Lipinski definition) is 2. The summed E-state index contributed by atoms with van der Waals surface area (Å²) in [6.07, 6.45) is 0.912. The van der Waals surface area contributed by atoms with Gasteiger partial charge in [-0.15, -0.1) is 0 Å². The molecule has 104 valence electrons. The molecule has 0 bridgehead atoms. The van der Waals surface area contributed by atoms with E-state index in [9.17, 15) is 4.39 Å². The molecule has 0 aliphatic rings. The number of thiocarbonyl (C=S) groups is 1. The predicted octanol–water partition coefficient (Wildman–Crippen LogP) is 4.26. The molecule has 0 saturated carbocycles. The maximum atomic E-state index is 13.1. The van der Waals surface area contributed by atoms with Crippen LogP contribution in [0.3, 0.4) is 0 Å². The highest BCUT2D eigenvalue weighted by molar-refractivity contribution is 7.80. The molecular formula is C16H17FN2S. The second-order valence-corrected chi connectivity index (χ2v) is 4.89. The number of halogens is 1. The van der Waals surface area contributed by atoms with Gasteiger partial charge in [-0.3, -0.25) is 0 Å². The van der Waals surface area contributed by atoms with Crippen LogP contribution in [0.5, 0.6) is 0 Å². The molecular weight excluding hydrogens is 271 g/mol. The average molecular weight is 288 g/mol. The van der Waals surface area contributed by atoms with Crippen LogP contribution < -0.4 is 10.6 Å². The molecule has 0 fully saturated rings. The maximum Gasteiger partial charge on any atom is 0.171 e. The number of rotatable bonds is 4. The van der Waals surface area contributed by atoms with Gasteiger partial charge < -0.3 is 10.6 Å². The standard InChI is InChI=1S/C16H17FN2S/c1-2-15(12-7-4-3-5-8-12)19-16(20)18-14-10-6-9-13(17)11-14/h3-11,15H,2H2,1H3,(H2,18,19,20). The molecule has 2 nitrogen and oxygen atoms in total. The van der Waals surface area contributed by atoms with Gasteiger partial charge in [0.1, 0.15) is 5.82 Å². The Morgan fingerprint density at radius 3 is 2.55 bits per heavy atom. The van der Waals surface area contributed by atoms with E-state index in [1.165, 1.54) is 17.7 Å². The van der Waals surface area contributed by atoms with E-state index < -0.39 is 0 Å². The Morgan fingerprint density at radius 2 is 1.90 bits per heavy atom. The van der Waals surface area contributed by atoms with Crippen molar-refractivity contribution >= 4 is 23.0 Å². The van der Waals surface area contributed by atoms with E-state index >= 15 is 0 Å². The fourth-order valence-electron chi connectivity index (χ4n) is 2.00. The minimum atomic E-state index is -0.284. The molecule has 0 aliphatic heterocycles. The van der Waals surface area contributed by atoms with Crippen LogP contribution in [0.4, 0.5) is 10.1 Å². The fraction of sp³-hybridized carbons (Fsp3) is 0.188. The van der Waals surface area contributed by atoms with Crippen LogP contribution >= 0.6 is 12.2 Å². The van der Waals surface area contributed by atoms with Gasteiger partial charge in [0, 0.05) is 5.69 Å². The lowest BCUT2D eigenvalue weighted by Crippen LogP contribution is -2.32. The van der Waals surface area contributed by atoms with Crippen molar-refractivity contribution in [2.45, 2.75) is 19.4 Å². The van der Waals surface area contributed by atoms with Crippen molar-refractivity contribution in [2.75, 3.05) is 5.32 Å². The third-order valence-electron chi connectivity index (χ3n) is 3.00. The number of nitrogens with one attached hydrogen (secondary N) is 2. The van der Waals surface area contributed by atoms with Gasteiger partial charge in [0.05, 0.1) is 6.04 Å². The molecule has 0 aromatic heterocycles. The average Bonchev–Trinajstić information content (AvgIpc) is 2.45. The second kappa shape index (κ2) is 7.01. The summed E-state index contributed by atoms with van der Waals surface area (Å²) in [5.74, 6) is -0.284. The van der Waals surface area contributed by atoms with Crippen molar-refractivity contribution in [3.63, 3.8) is 0 Å². The zero-order valence-corrected chi connectivity index (χ0v) is 12.1. The van der Waals surface area contributed by atoms with Crippen LogP contribution in [0, 0.1) is 5.82 Å². The van der Waals surface area contributed by atoms with E-state index in [1.807, 2.05) is 18.2 Å². The van der Waals surface area contributed by atoms with Crippen molar-refractivity contribution in [2.24, 2.45) is 0 Å². The Kier molecular flexibility index (Phi) is 5.07. The van der Waals surface area contributed by atoms with Crippen molar-refractivity contribution in [3.05, 3.63) is 66.0 Å². The SMILES string of the molecule is CCC(NC(=S)Nc1cccc(F)c1)c1ccccc1. The van der Waals surface area contributed by atoms with E-state index in [0.29, 0.717) is 10.8 Å². The smallest absolute Gasteiger partial charge is 0.171 e. The van der Waals surface area contributed by atoms with Gasteiger partial charge in [-0.05, 0) is 42.4 Å². The third kappa shape index (κ3) is 4.03. The molecule has 2 rings (SSSR count). The van der Waals surface area contributed by atoms with E-state index in [-0.39, 0.29) is 11.9 Å². The number of benzene rings is 2. The molecule has 0 radical (unpaired) electrons. The lowest BCUT2D eigenvalue weighted by Gasteiger charge is -2.20. The van der Waals surface area contributed by atoms with Gasteiger partial charge in [-0.1, -0.05) is 43.3 Å². The van der Waals surface area contributed by atoms with Crippen LogP contribution in [0.1, 0.15) is 24.9 Å². The Bertz CT molecular complexity index is 572. The highest BCUT2D eigenvalue weighted by Gasteiger charge is 2.10. The molecule has 0 saturated heterocycles. The quantitative estimate of drug-likeness (QED) is 0.822. The topological polar surface area (TPSA) is 24.1 Å². The normalized spacial score (nSPS) is 11.7. The third-order valence-corrected chi connectivity index (χ3v) is 3.22. The van der Waals surface area contributed by atoms with Crippen molar-refractivity contribution in [1.82, 2.24) is 5.32 Å². The van der Waals surface area contributed by atoms with Crippen LogP contribution in [0.2, 0.25) is 0 Å². The van der Waals surface area contributed by atoms with Crippen LogP contribution in [-0.2, 0) is 0 Å². The van der Waals surface area contributed by atoms with E-state index in [1.54, 1.807) is 12.1 Å². The van der Waals surface area contributed by atoms with E-state index in [0.717, 1.165) is 6.42 Å². The van der Waals surface area contributed by atoms with Crippen LogP contribution in [-0.4, -0.2) is 5.11 Å².